The summed E-state index contributed by atoms with van der Waals surface area (Å²) in [6.07, 6.45) is -0.451. The summed E-state index contributed by atoms with van der Waals surface area (Å²) in [6, 6.07) is 13.3. The summed E-state index contributed by atoms with van der Waals surface area (Å²) in [5.41, 5.74) is 13.6. The third kappa shape index (κ3) is 5.17. The van der Waals surface area contributed by atoms with Crippen LogP contribution in [0.2, 0.25) is 0 Å². The van der Waals surface area contributed by atoms with Gasteiger partial charge in [-0.3, -0.25) is 9.36 Å². The van der Waals surface area contributed by atoms with Gasteiger partial charge >= 0.3 is 5.97 Å². The highest BCUT2D eigenvalue weighted by molar-refractivity contribution is 5.85. The van der Waals surface area contributed by atoms with Gasteiger partial charge in [-0.1, -0.05) is 42.5 Å². The molecule has 2 aromatic heterocycles. The number of hydrogen-bond donors (Lipinski definition) is 5. The van der Waals surface area contributed by atoms with Crippen LogP contribution in [-0.4, -0.2) is 89.7 Å². The number of carbonyl (C=O) groups is 1. The minimum Gasteiger partial charge on any atom is -0.480 e. The van der Waals surface area contributed by atoms with Crippen molar-refractivity contribution in [1.82, 2.24) is 24.4 Å². The zero-order chi connectivity index (χ0) is 26.8. The molecular formula is C26H31N7O5. The van der Waals surface area contributed by atoms with Crippen LogP contribution in [-0.2, 0) is 16.0 Å². The number of aliphatic hydroxyl groups is 2. The highest BCUT2D eigenvalue weighted by atomic mass is 16.6. The van der Waals surface area contributed by atoms with Crippen LogP contribution in [0.5, 0.6) is 0 Å². The molecule has 0 radical (unpaired) electrons. The van der Waals surface area contributed by atoms with Crippen LogP contribution in [0.3, 0.4) is 0 Å². The predicted octanol–water partition coefficient (Wildman–Crippen LogP) is 0.528. The summed E-state index contributed by atoms with van der Waals surface area (Å²) < 4.78 is 7.65. The highest BCUT2D eigenvalue weighted by Crippen LogP contribution is 2.32. The van der Waals surface area contributed by atoms with E-state index in [1.807, 2.05) is 23.1 Å². The van der Waals surface area contributed by atoms with E-state index in [4.69, 9.17) is 16.2 Å². The predicted molar refractivity (Wildman–Crippen MR) is 140 cm³/mol. The molecule has 1 saturated heterocycles. The maximum Gasteiger partial charge on any atom is 0.320 e. The molecule has 2 aromatic carbocycles. The number of benzene rings is 2. The number of carboxylic acid groups (broad SMARTS) is 1. The molecule has 0 amide bonds. The van der Waals surface area contributed by atoms with Crippen molar-refractivity contribution in [2.24, 2.45) is 5.73 Å². The number of carboxylic acids is 1. The molecule has 200 valence electrons. The minimum absolute atomic E-state index is 0.202. The van der Waals surface area contributed by atoms with Crippen molar-refractivity contribution in [2.45, 2.75) is 43.4 Å². The fourth-order valence-corrected chi connectivity index (χ4v) is 4.95. The number of aliphatic carboxylic acids is 1. The maximum absolute atomic E-state index is 11.3. The van der Waals surface area contributed by atoms with Crippen LogP contribution in [0.1, 0.15) is 18.2 Å². The summed E-state index contributed by atoms with van der Waals surface area (Å²) in [4.78, 5) is 25.7. The fourth-order valence-electron chi connectivity index (χ4n) is 4.95. The Morgan fingerprint density at radius 1 is 1.08 bits per heavy atom. The molecule has 1 fully saturated rings. The van der Waals surface area contributed by atoms with Crippen molar-refractivity contribution in [2.75, 3.05) is 25.4 Å². The lowest BCUT2D eigenvalue weighted by atomic mass is 10.0. The number of nitrogens with zero attached hydrogens (tertiary/aromatic N) is 5. The Morgan fingerprint density at radius 3 is 2.68 bits per heavy atom. The molecule has 5 rings (SSSR count). The Balaban J connectivity index is 1.33. The standard InChI is InChI=1S/C26H31N7O5/c27-18(26(36)37)9-11-32(10-8-16-6-3-5-15-4-1-2-7-17(15)16)12-19-21(34)22(35)25(38-19)33-14-31-20-23(28)29-13-30-24(20)33/h1-7,13-14,18-19,21-22,25,34-35H,8-12,27H2,(H,36,37)(H2,28,29,30)/t18-,19+,21+,22+,25+/m0/s1. The van der Waals surface area contributed by atoms with Crippen molar-refractivity contribution in [3.8, 4) is 0 Å². The van der Waals surface area contributed by atoms with Gasteiger partial charge in [-0.25, -0.2) is 15.0 Å². The number of nitrogen functional groups attached to an aromatic ring is 1. The zero-order valence-corrected chi connectivity index (χ0v) is 20.7. The van der Waals surface area contributed by atoms with Crippen LogP contribution >= 0.6 is 0 Å². The van der Waals surface area contributed by atoms with Crippen molar-refractivity contribution >= 4 is 33.7 Å². The molecule has 38 heavy (non-hydrogen) atoms. The first kappa shape index (κ1) is 25.9. The van der Waals surface area contributed by atoms with Gasteiger partial charge in [0.1, 0.15) is 36.2 Å². The Labute approximate surface area is 218 Å². The molecule has 0 unspecified atom stereocenters. The van der Waals surface area contributed by atoms with E-state index in [-0.39, 0.29) is 18.8 Å². The largest absolute Gasteiger partial charge is 0.480 e. The van der Waals surface area contributed by atoms with Gasteiger partial charge in [-0.05, 0) is 29.2 Å². The Morgan fingerprint density at radius 2 is 1.87 bits per heavy atom. The third-order valence-electron chi connectivity index (χ3n) is 7.09. The molecule has 0 bridgehead atoms. The number of nitrogens with two attached hydrogens (primary N) is 2. The van der Waals surface area contributed by atoms with Gasteiger partial charge in [0.25, 0.3) is 0 Å². The van der Waals surface area contributed by atoms with E-state index in [2.05, 4.69) is 39.2 Å². The molecule has 0 saturated carbocycles. The van der Waals surface area contributed by atoms with Gasteiger partial charge < -0.3 is 36.4 Å². The van der Waals surface area contributed by atoms with Gasteiger partial charge in [0, 0.05) is 19.6 Å². The zero-order valence-electron chi connectivity index (χ0n) is 20.7. The fraction of sp³-hybridized carbons (Fsp3) is 0.385. The van der Waals surface area contributed by atoms with Gasteiger partial charge in [0.05, 0.1) is 6.33 Å². The lowest BCUT2D eigenvalue weighted by molar-refractivity contribution is -0.138. The topological polar surface area (TPSA) is 186 Å². The normalized spacial score (nSPS) is 22.4. The van der Waals surface area contributed by atoms with Crippen LogP contribution < -0.4 is 11.5 Å². The maximum atomic E-state index is 11.3. The average Bonchev–Trinajstić information content (AvgIpc) is 3.47. The van der Waals surface area contributed by atoms with E-state index in [1.54, 1.807) is 0 Å². The van der Waals surface area contributed by atoms with E-state index in [1.165, 1.54) is 17.2 Å². The first-order valence-corrected chi connectivity index (χ1v) is 12.5. The van der Waals surface area contributed by atoms with E-state index >= 15 is 0 Å². The molecule has 7 N–H and O–H groups in total. The van der Waals surface area contributed by atoms with Gasteiger partial charge in [-0.15, -0.1) is 0 Å². The second kappa shape index (κ2) is 11.0. The molecular weight excluding hydrogens is 490 g/mol. The highest BCUT2D eigenvalue weighted by Gasteiger charge is 2.44. The summed E-state index contributed by atoms with van der Waals surface area (Å²) in [5.74, 6) is -0.868. The molecule has 0 aliphatic carbocycles. The van der Waals surface area contributed by atoms with E-state index in [0.717, 1.165) is 16.3 Å². The number of hydrogen-bond acceptors (Lipinski definition) is 10. The molecule has 1 aliphatic heterocycles. The Bertz CT molecular complexity index is 1420. The molecule has 0 spiro atoms. The van der Waals surface area contributed by atoms with Crippen molar-refractivity contribution < 1.29 is 24.9 Å². The molecule has 4 aromatic rings. The third-order valence-corrected chi connectivity index (χ3v) is 7.09. The average molecular weight is 522 g/mol. The number of rotatable bonds is 10. The lowest BCUT2D eigenvalue weighted by Crippen LogP contribution is -2.43. The molecule has 3 heterocycles. The minimum atomic E-state index is -1.24. The molecule has 1 aliphatic rings. The first-order chi connectivity index (χ1) is 18.3. The monoisotopic (exact) mass is 521 g/mol. The van der Waals surface area contributed by atoms with Gasteiger partial charge in [0.2, 0.25) is 0 Å². The van der Waals surface area contributed by atoms with Crippen LogP contribution in [0.4, 0.5) is 5.82 Å². The number of aromatic nitrogens is 4. The van der Waals surface area contributed by atoms with Crippen molar-refractivity contribution in [3.63, 3.8) is 0 Å². The van der Waals surface area contributed by atoms with Gasteiger partial charge in [-0.2, -0.15) is 0 Å². The number of anilines is 1. The van der Waals surface area contributed by atoms with Crippen LogP contribution in [0.15, 0.2) is 55.1 Å². The summed E-state index contributed by atoms with van der Waals surface area (Å²) in [7, 11) is 0. The molecule has 12 heteroatoms. The van der Waals surface area contributed by atoms with E-state index in [9.17, 15) is 20.1 Å². The number of fused-ring (bicyclic) bond motifs is 2. The summed E-state index contributed by atoms with van der Waals surface area (Å²) in [6.45, 7) is 1.21. The SMILES string of the molecule is Nc1ncnc2c1ncn2[C@@H]1O[C@H](CN(CCc2cccc3ccccc23)CC[C@H](N)C(=O)O)[C@@H](O)[C@H]1O. The Kier molecular flexibility index (Phi) is 7.49. The molecule has 5 atom stereocenters. The number of aliphatic hydroxyl groups excluding tert-OH is 2. The number of imidazole rings is 1. The van der Waals surface area contributed by atoms with Crippen LogP contribution in [0.25, 0.3) is 21.9 Å². The smallest absolute Gasteiger partial charge is 0.320 e. The van der Waals surface area contributed by atoms with Crippen molar-refractivity contribution in [1.29, 1.82) is 0 Å². The summed E-state index contributed by atoms with van der Waals surface area (Å²) in [5, 5.41) is 33.3. The first-order valence-electron chi connectivity index (χ1n) is 12.5. The Hall–Kier alpha value is -3.68. The molecule has 12 nitrogen and oxygen atoms in total. The lowest BCUT2D eigenvalue weighted by Gasteiger charge is -2.27. The summed E-state index contributed by atoms with van der Waals surface area (Å²) >= 11 is 0. The van der Waals surface area contributed by atoms with Crippen LogP contribution in [0, 0.1) is 0 Å². The second-order valence-electron chi connectivity index (χ2n) is 9.55. The van der Waals surface area contributed by atoms with Gasteiger partial charge in [0.15, 0.2) is 17.7 Å². The van der Waals surface area contributed by atoms with E-state index < -0.39 is 36.6 Å². The van der Waals surface area contributed by atoms with E-state index in [0.29, 0.717) is 30.7 Å². The van der Waals surface area contributed by atoms with Crippen molar-refractivity contribution in [3.05, 3.63) is 60.7 Å². The quantitative estimate of drug-likeness (QED) is 0.196. The number of ether oxygens (including phenoxy) is 1. The second-order valence-corrected chi connectivity index (χ2v) is 9.55.